The van der Waals surface area contributed by atoms with Crippen molar-refractivity contribution in [2.75, 3.05) is 7.11 Å². The van der Waals surface area contributed by atoms with Crippen LogP contribution in [0.3, 0.4) is 0 Å². The number of hydrogen-bond donors (Lipinski definition) is 2. The summed E-state index contributed by atoms with van der Waals surface area (Å²) in [5.41, 5.74) is 0.286. The zero-order valence-electron chi connectivity index (χ0n) is 10.8. The Morgan fingerprint density at radius 2 is 2.15 bits per heavy atom. The smallest absolute Gasteiger partial charge is 0.338 e. The number of aliphatic hydroxyl groups is 2. The van der Waals surface area contributed by atoms with Crippen LogP contribution in [0.1, 0.15) is 5.56 Å². The highest BCUT2D eigenvalue weighted by molar-refractivity contribution is 5.78. The average molecular weight is 282 g/mol. The van der Waals surface area contributed by atoms with Gasteiger partial charge in [-0.1, -0.05) is 30.4 Å². The number of rotatable bonds is 4. The first kappa shape index (κ1) is 14.6. The van der Waals surface area contributed by atoms with Crippen molar-refractivity contribution >= 4 is 12.0 Å². The largest absolute Gasteiger partial charge is 0.454 e. The van der Waals surface area contributed by atoms with Crippen LogP contribution in [0.25, 0.3) is 6.08 Å². The van der Waals surface area contributed by atoms with Gasteiger partial charge in [-0.25, -0.2) is 9.18 Å². The third-order valence-electron chi connectivity index (χ3n) is 3.10. The minimum absolute atomic E-state index is 0.286. The van der Waals surface area contributed by atoms with Gasteiger partial charge < -0.3 is 19.7 Å². The van der Waals surface area contributed by atoms with Crippen LogP contribution in [-0.2, 0) is 14.3 Å². The molecule has 0 radical (unpaired) electrons. The van der Waals surface area contributed by atoms with E-state index in [9.17, 15) is 19.4 Å². The second kappa shape index (κ2) is 6.13. The predicted molar refractivity (Wildman–Crippen MR) is 68.1 cm³/mol. The van der Waals surface area contributed by atoms with Crippen molar-refractivity contribution < 1.29 is 28.9 Å². The molecule has 6 heteroatoms. The minimum Gasteiger partial charge on any atom is -0.454 e. The molecule has 0 aliphatic carbocycles. The summed E-state index contributed by atoms with van der Waals surface area (Å²) in [5, 5.41) is 19.7. The summed E-state index contributed by atoms with van der Waals surface area (Å²) in [6.45, 7) is 0. The number of benzene rings is 1. The summed E-state index contributed by atoms with van der Waals surface area (Å²) >= 11 is 0. The maximum Gasteiger partial charge on any atom is 0.338 e. The van der Waals surface area contributed by atoms with E-state index in [1.54, 1.807) is 12.1 Å². The molecule has 4 atom stereocenters. The molecule has 2 rings (SSSR count). The molecule has 0 amide bonds. The summed E-state index contributed by atoms with van der Waals surface area (Å²) < 4.78 is 23.0. The summed E-state index contributed by atoms with van der Waals surface area (Å²) in [4.78, 5) is 11.4. The van der Waals surface area contributed by atoms with E-state index in [1.807, 2.05) is 0 Å². The number of methoxy groups -OCH3 is 1. The number of ether oxygens (including phenoxy) is 2. The molecule has 1 fully saturated rings. The van der Waals surface area contributed by atoms with Gasteiger partial charge in [-0.05, 0) is 6.07 Å². The molecule has 108 valence electrons. The molecule has 0 saturated carbocycles. The Bertz CT molecular complexity index is 516. The molecule has 5 nitrogen and oxygen atoms in total. The van der Waals surface area contributed by atoms with E-state index in [1.165, 1.54) is 31.4 Å². The van der Waals surface area contributed by atoms with Gasteiger partial charge in [0.25, 0.3) is 0 Å². The van der Waals surface area contributed by atoms with E-state index in [0.29, 0.717) is 0 Å². The lowest BCUT2D eigenvalue weighted by atomic mass is 10.0. The first-order valence-corrected chi connectivity index (χ1v) is 6.06. The van der Waals surface area contributed by atoms with E-state index < -0.39 is 36.2 Å². The minimum atomic E-state index is -1.27. The van der Waals surface area contributed by atoms with Crippen molar-refractivity contribution in [2.24, 2.45) is 0 Å². The maximum atomic E-state index is 13.4. The molecule has 0 aromatic heterocycles. The molecule has 0 unspecified atom stereocenters. The van der Waals surface area contributed by atoms with Crippen LogP contribution in [-0.4, -0.2) is 47.7 Å². The molecule has 0 spiro atoms. The third kappa shape index (κ3) is 2.87. The first-order chi connectivity index (χ1) is 9.54. The quantitative estimate of drug-likeness (QED) is 0.787. The molecule has 1 heterocycles. The van der Waals surface area contributed by atoms with E-state index in [4.69, 9.17) is 9.47 Å². The van der Waals surface area contributed by atoms with Gasteiger partial charge >= 0.3 is 5.97 Å². The number of hydrogen-bond acceptors (Lipinski definition) is 5. The van der Waals surface area contributed by atoms with Crippen LogP contribution >= 0.6 is 0 Å². The second-order valence-corrected chi connectivity index (χ2v) is 4.42. The number of carbonyl (C=O) groups excluding carboxylic acids is 1. The van der Waals surface area contributed by atoms with Crippen molar-refractivity contribution in [1.82, 2.24) is 0 Å². The van der Waals surface area contributed by atoms with Gasteiger partial charge in [0.1, 0.15) is 18.0 Å². The Balaban J connectivity index is 2.08. The van der Waals surface area contributed by atoms with Crippen LogP contribution in [0.2, 0.25) is 0 Å². The Morgan fingerprint density at radius 3 is 2.75 bits per heavy atom. The predicted octanol–water partition coefficient (Wildman–Crippen LogP) is 0.501. The number of aliphatic hydroxyl groups excluding tert-OH is 2. The van der Waals surface area contributed by atoms with Crippen LogP contribution in [0.15, 0.2) is 30.3 Å². The summed E-state index contributed by atoms with van der Waals surface area (Å²) in [6.07, 6.45) is -2.15. The Labute approximate surface area is 115 Å². The van der Waals surface area contributed by atoms with Crippen molar-refractivity contribution in [3.8, 4) is 0 Å². The van der Waals surface area contributed by atoms with E-state index in [-0.39, 0.29) is 5.56 Å². The number of esters is 1. The average Bonchev–Trinajstić information content (AvgIpc) is 2.72. The molecule has 1 aliphatic rings. The molecule has 0 bridgehead atoms. The first-order valence-electron chi connectivity index (χ1n) is 6.06. The van der Waals surface area contributed by atoms with E-state index >= 15 is 0 Å². The lowest BCUT2D eigenvalue weighted by Gasteiger charge is -2.17. The zero-order chi connectivity index (χ0) is 14.7. The Hall–Kier alpha value is -1.76. The maximum absolute atomic E-state index is 13.4. The van der Waals surface area contributed by atoms with Gasteiger partial charge in [-0.3, -0.25) is 0 Å². The SMILES string of the molecule is CO[C@H]1C(=O)O[C@@H]([C@H](O)/C=C/c2ccccc2F)[C@H]1O. The van der Waals surface area contributed by atoms with Gasteiger partial charge in [-0.15, -0.1) is 0 Å². The number of carbonyl (C=O) groups is 1. The van der Waals surface area contributed by atoms with Crippen molar-refractivity contribution in [3.05, 3.63) is 41.7 Å². The second-order valence-electron chi connectivity index (χ2n) is 4.42. The number of halogens is 1. The van der Waals surface area contributed by atoms with Gasteiger partial charge in [0.05, 0.1) is 0 Å². The molecule has 1 aliphatic heterocycles. The topological polar surface area (TPSA) is 76.0 Å². The molecular formula is C14H15FO5. The zero-order valence-corrected chi connectivity index (χ0v) is 10.8. The summed E-state index contributed by atoms with van der Waals surface area (Å²) in [7, 11) is 1.26. The molecule has 1 aromatic carbocycles. The highest BCUT2D eigenvalue weighted by Gasteiger charge is 2.46. The molecule has 2 N–H and O–H groups in total. The molecule has 20 heavy (non-hydrogen) atoms. The Morgan fingerprint density at radius 1 is 1.45 bits per heavy atom. The van der Waals surface area contributed by atoms with Crippen LogP contribution in [0.4, 0.5) is 4.39 Å². The fraction of sp³-hybridized carbons (Fsp3) is 0.357. The number of cyclic esters (lactones) is 1. The Kier molecular flexibility index (Phi) is 4.49. The van der Waals surface area contributed by atoms with Crippen molar-refractivity contribution in [2.45, 2.75) is 24.4 Å². The van der Waals surface area contributed by atoms with Gasteiger partial charge in [0.2, 0.25) is 0 Å². The standard InChI is InChI=1S/C14H15FO5/c1-19-13-11(17)12(20-14(13)18)10(16)7-6-8-4-2-3-5-9(8)15/h2-7,10-13,16-17H,1H3/b7-6+/t10-,11-,12+,13-/m1/s1. The lowest BCUT2D eigenvalue weighted by molar-refractivity contribution is -0.150. The summed E-state index contributed by atoms with van der Waals surface area (Å²) in [5.74, 6) is -1.17. The van der Waals surface area contributed by atoms with E-state index in [2.05, 4.69) is 0 Å². The van der Waals surface area contributed by atoms with Crippen molar-refractivity contribution in [3.63, 3.8) is 0 Å². The monoisotopic (exact) mass is 282 g/mol. The molecular weight excluding hydrogens is 267 g/mol. The van der Waals surface area contributed by atoms with E-state index in [0.717, 1.165) is 0 Å². The lowest BCUT2D eigenvalue weighted by Crippen LogP contribution is -2.38. The third-order valence-corrected chi connectivity index (χ3v) is 3.10. The van der Waals surface area contributed by atoms with Crippen LogP contribution in [0.5, 0.6) is 0 Å². The van der Waals surface area contributed by atoms with Gasteiger partial charge in [0.15, 0.2) is 12.2 Å². The highest BCUT2D eigenvalue weighted by Crippen LogP contribution is 2.22. The molecule has 1 aromatic rings. The van der Waals surface area contributed by atoms with Gasteiger partial charge in [0, 0.05) is 12.7 Å². The highest BCUT2D eigenvalue weighted by atomic mass is 19.1. The van der Waals surface area contributed by atoms with Crippen LogP contribution < -0.4 is 0 Å². The van der Waals surface area contributed by atoms with Gasteiger partial charge in [-0.2, -0.15) is 0 Å². The van der Waals surface area contributed by atoms with Crippen molar-refractivity contribution in [1.29, 1.82) is 0 Å². The van der Waals surface area contributed by atoms with Crippen LogP contribution in [0, 0.1) is 5.82 Å². The summed E-state index contributed by atoms with van der Waals surface area (Å²) in [6, 6.07) is 6.03. The fourth-order valence-electron chi connectivity index (χ4n) is 2.01. The normalized spacial score (nSPS) is 27.8. The fourth-order valence-corrected chi connectivity index (χ4v) is 2.01. The molecule has 1 saturated heterocycles.